The van der Waals surface area contributed by atoms with Gasteiger partial charge < -0.3 is 10.2 Å². The molecule has 0 spiro atoms. The van der Waals surface area contributed by atoms with Crippen LogP contribution >= 0.6 is 0 Å². The van der Waals surface area contributed by atoms with Crippen LogP contribution in [0.3, 0.4) is 0 Å². The number of pyridine rings is 1. The lowest BCUT2D eigenvalue weighted by molar-refractivity contribution is 0.101. The number of rotatable bonds is 2. The molecule has 15 heavy (non-hydrogen) atoms. The Hall–Kier alpha value is -2.10. The summed E-state index contributed by atoms with van der Waals surface area (Å²) in [6.45, 7) is 1.81. The summed E-state index contributed by atoms with van der Waals surface area (Å²) in [7, 11) is 0. The molecular formula is C11H10N2O2. The van der Waals surface area contributed by atoms with Crippen molar-refractivity contribution in [1.82, 2.24) is 4.98 Å². The number of nitrogens with zero attached hydrogens (tertiary/aromatic N) is 1. The van der Waals surface area contributed by atoms with Gasteiger partial charge in [-0.15, -0.1) is 0 Å². The third-order valence-corrected chi connectivity index (χ3v) is 2.15. The second kappa shape index (κ2) is 3.57. The van der Waals surface area contributed by atoms with Crippen molar-refractivity contribution in [3.63, 3.8) is 0 Å². The number of carbonyl (C=O) groups is 1. The first-order valence-corrected chi connectivity index (χ1v) is 4.49. The van der Waals surface area contributed by atoms with Crippen molar-refractivity contribution in [2.45, 2.75) is 6.92 Å². The number of ketones is 1. The third kappa shape index (κ3) is 1.61. The number of nitrogen functional groups attached to an aromatic ring is 1. The monoisotopic (exact) mass is 202 g/mol. The molecule has 0 bridgehead atoms. The van der Waals surface area contributed by atoms with Crippen LogP contribution in [0.5, 0.6) is 0 Å². The largest absolute Gasteiger partial charge is 0.461 e. The highest BCUT2D eigenvalue weighted by Gasteiger charge is 2.17. The van der Waals surface area contributed by atoms with E-state index in [0.717, 1.165) is 5.56 Å². The molecule has 0 radical (unpaired) electrons. The molecule has 0 atom stereocenters. The highest BCUT2D eigenvalue weighted by atomic mass is 16.3. The zero-order valence-corrected chi connectivity index (χ0v) is 8.23. The van der Waals surface area contributed by atoms with Gasteiger partial charge in [-0.1, -0.05) is 0 Å². The molecule has 76 valence electrons. The molecule has 0 saturated carbocycles. The van der Waals surface area contributed by atoms with Gasteiger partial charge in [-0.3, -0.25) is 4.79 Å². The molecule has 4 heteroatoms. The lowest BCUT2D eigenvalue weighted by Gasteiger charge is -2.01. The number of hydrogen-bond donors (Lipinski definition) is 1. The first-order chi connectivity index (χ1) is 7.20. The Morgan fingerprint density at radius 2 is 2.27 bits per heavy atom. The van der Waals surface area contributed by atoms with E-state index in [2.05, 4.69) is 4.98 Å². The maximum atomic E-state index is 11.9. The fourth-order valence-electron chi connectivity index (χ4n) is 1.34. The molecule has 0 aliphatic rings. The Morgan fingerprint density at radius 3 is 2.87 bits per heavy atom. The zero-order valence-electron chi connectivity index (χ0n) is 8.23. The fraction of sp³-hybridized carbons (Fsp3) is 0.0909. The van der Waals surface area contributed by atoms with Crippen LogP contribution in [-0.2, 0) is 0 Å². The number of aryl methyl sites for hydroxylation is 1. The van der Waals surface area contributed by atoms with Crippen LogP contribution in [0, 0.1) is 6.92 Å². The molecule has 0 aliphatic heterocycles. The Labute approximate surface area is 86.7 Å². The van der Waals surface area contributed by atoms with Crippen molar-refractivity contribution in [2.24, 2.45) is 0 Å². The van der Waals surface area contributed by atoms with Gasteiger partial charge >= 0.3 is 0 Å². The van der Waals surface area contributed by atoms with Gasteiger partial charge in [0.2, 0.25) is 5.78 Å². The van der Waals surface area contributed by atoms with E-state index in [0.29, 0.717) is 11.3 Å². The lowest BCUT2D eigenvalue weighted by atomic mass is 10.1. The summed E-state index contributed by atoms with van der Waals surface area (Å²) in [6.07, 6.45) is 3.02. The second-order valence-electron chi connectivity index (χ2n) is 3.20. The average Bonchev–Trinajstić information content (AvgIpc) is 2.64. The number of anilines is 1. The van der Waals surface area contributed by atoms with Gasteiger partial charge in [-0.2, -0.15) is 0 Å². The minimum Gasteiger partial charge on any atom is -0.461 e. The van der Waals surface area contributed by atoms with Gasteiger partial charge in [0.25, 0.3) is 0 Å². The van der Waals surface area contributed by atoms with E-state index in [1.165, 1.54) is 6.26 Å². The molecule has 0 fully saturated rings. The standard InChI is InChI=1S/C11H10N2O2/c1-7-4-6-15-10(7)9(14)8-3-2-5-13-11(8)12/h2-6H,1H3,(H2,12,13). The van der Waals surface area contributed by atoms with Crippen molar-refractivity contribution in [3.05, 3.63) is 47.5 Å². The van der Waals surface area contributed by atoms with Gasteiger partial charge in [0.1, 0.15) is 5.82 Å². The van der Waals surface area contributed by atoms with E-state index < -0.39 is 0 Å². The molecule has 2 N–H and O–H groups in total. The molecule has 2 aromatic rings. The van der Waals surface area contributed by atoms with E-state index in [9.17, 15) is 4.79 Å². The maximum Gasteiger partial charge on any atom is 0.232 e. The first kappa shape index (κ1) is 9.45. The van der Waals surface area contributed by atoms with Crippen LogP contribution in [-0.4, -0.2) is 10.8 Å². The summed E-state index contributed by atoms with van der Waals surface area (Å²) >= 11 is 0. The summed E-state index contributed by atoms with van der Waals surface area (Å²) in [6, 6.07) is 5.04. The van der Waals surface area contributed by atoms with Crippen molar-refractivity contribution in [3.8, 4) is 0 Å². The number of hydrogen-bond acceptors (Lipinski definition) is 4. The summed E-state index contributed by atoms with van der Waals surface area (Å²) in [5.41, 5.74) is 6.77. The van der Waals surface area contributed by atoms with E-state index in [-0.39, 0.29) is 11.6 Å². The van der Waals surface area contributed by atoms with Crippen molar-refractivity contribution >= 4 is 11.6 Å². The summed E-state index contributed by atoms with van der Waals surface area (Å²) < 4.78 is 5.10. The van der Waals surface area contributed by atoms with Crippen LogP contribution in [0.4, 0.5) is 5.82 Å². The second-order valence-corrected chi connectivity index (χ2v) is 3.20. The minimum absolute atomic E-state index is 0.221. The Morgan fingerprint density at radius 1 is 1.47 bits per heavy atom. The maximum absolute atomic E-state index is 11.9. The van der Waals surface area contributed by atoms with Gasteiger partial charge in [0.15, 0.2) is 5.76 Å². The Balaban J connectivity index is 2.46. The number of aromatic nitrogens is 1. The van der Waals surface area contributed by atoms with Crippen LogP contribution in [0.1, 0.15) is 21.7 Å². The number of furan rings is 1. The molecule has 4 nitrogen and oxygen atoms in total. The normalized spacial score (nSPS) is 10.2. The topological polar surface area (TPSA) is 69.1 Å². The quantitative estimate of drug-likeness (QED) is 0.754. The third-order valence-electron chi connectivity index (χ3n) is 2.15. The van der Waals surface area contributed by atoms with Gasteiger partial charge in [-0.25, -0.2) is 4.98 Å². The van der Waals surface area contributed by atoms with E-state index in [4.69, 9.17) is 10.2 Å². The number of carbonyl (C=O) groups excluding carboxylic acids is 1. The van der Waals surface area contributed by atoms with Crippen LogP contribution in [0.2, 0.25) is 0 Å². The molecule has 0 aliphatic carbocycles. The van der Waals surface area contributed by atoms with Crippen molar-refractivity contribution in [2.75, 3.05) is 5.73 Å². The van der Waals surface area contributed by atoms with Gasteiger partial charge in [0, 0.05) is 6.20 Å². The summed E-state index contributed by atoms with van der Waals surface area (Å²) in [5, 5.41) is 0. The zero-order chi connectivity index (χ0) is 10.8. The molecule has 0 aromatic carbocycles. The molecule has 2 rings (SSSR count). The van der Waals surface area contributed by atoms with Crippen LogP contribution < -0.4 is 5.73 Å². The molecule has 0 unspecified atom stereocenters. The predicted molar refractivity (Wildman–Crippen MR) is 55.5 cm³/mol. The minimum atomic E-state index is -0.233. The van der Waals surface area contributed by atoms with E-state index in [1.807, 2.05) is 6.92 Å². The molecular weight excluding hydrogens is 192 g/mol. The Kier molecular flexibility index (Phi) is 2.25. The molecule has 2 heterocycles. The first-order valence-electron chi connectivity index (χ1n) is 4.49. The van der Waals surface area contributed by atoms with Crippen LogP contribution in [0.15, 0.2) is 35.1 Å². The number of nitrogens with two attached hydrogens (primary N) is 1. The molecule has 0 amide bonds. The summed E-state index contributed by atoms with van der Waals surface area (Å²) in [5.74, 6) is 0.302. The van der Waals surface area contributed by atoms with Crippen molar-refractivity contribution < 1.29 is 9.21 Å². The fourth-order valence-corrected chi connectivity index (χ4v) is 1.34. The van der Waals surface area contributed by atoms with Crippen LogP contribution in [0.25, 0.3) is 0 Å². The van der Waals surface area contributed by atoms with Gasteiger partial charge in [-0.05, 0) is 30.7 Å². The van der Waals surface area contributed by atoms with E-state index in [1.54, 1.807) is 24.4 Å². The van der Waals surface area contributed by atoms with Crippen molar-refractivity contribution in [1.29, 1.82) is 0 Å². The van der Waals surface area contributed by atoms with Gasteiger partial charge in [0.05, 0.1) is 11.8 Å². The highest BCUT2D eigenvalue weighted by Crippen LogP contribution is 2.17. The average molecular weight is 202 g/mol. The molecule has 2 aromatic heterocycles. The SMILES string of the molecule is Cc1ccoc1C(=O)c1cccnc1N. The lowest BCUT2D eigenvalue weighted by Crippen LogP contribution is -2.06. The highest BCUT2D eigenvalue weighted by molar-refractivity contribution is 6.10. The van der Waals surface area contributed by atoms with E-state index >= 15 is 0 Å². The smallest absolute Gasteiger partial charge is 0.232 e. The molecule has 0 saturated heterocycles. The Bertz CT molecular complexity index is 503. The summed E-state index contributed by atoms with van der Waals surface area (Å²) in [4.78, 5) is 15.8. The predicted octanol–water partition coefficient (Wildman–Crippen LogP) is 1.80.